The second-order valence-corrected chi connectivity index (χ2v) is 8.06. The second kappa shape index (κ2) is 6.93. The third-order valence-corrected chi connectivity index (χ3v) is 6.09. The molecule has 0 unspecified atom stereocenters. The molecule has 0 aliphatic carbocycles. The molecule has 1 N–H and O–H groups in total. The first-order valence-electron chi connectivity index (χ1n) is 7.64. The number of hydrogen-bond acceptors (Lipinski definition) is 5. The van der Waals surface area contributed by atoms with Crippen LogP contribution >= 0.6 is 11.6 Å². The van der Waals surface area contributed by atoms with Gasteiger partial charge in [0.25, 0.3) is 11.6 Å². The van der Waals surface area contributed by atoms with Crippen LogP contribution in [0.4, 0.5) is 17.1 Å². The fourth-order valence-corrected chi connectivity index (χ4v) is 4.56. The molecular formula is C16H14ClN3O5S. The summed E-state index contributed by atoms with van der Waals surface area (Å²) in [6, 6.07) is 9.98. The topological polar surface area (TPSA) is 110 Å². The van der Waals surface area contributed by atoms with Gasteiger partial charge >= 0.3 is 0 Å². The highest BCUT2D eigenvalue weighted by Gasteiger charge is 2.30. The number of carbonyl (C=O) groups is 1. The fraction of sp³-hybridized carbons (Fsp3) is 0.188. The van der Waals surface area contributed by atoms with Crippen LogP contribution in [0.15, 0.2) is 42.5 Å². The molecule has 2 aromatic rings. The average Bonchev–Trinajstić information content (AvgIpc) is 2.95. The Morgan fingerprint density at radius 3 is 2.62 bits per heavy atom. The van der Waals surface area contributed by atoms with Crippen molar-refractivity contribution < 1.29 is 18.1 Å². The Balaban J connectivity index is 1.91. The van der Waals surface area contributed by atoms with E-state index in [2.05, 4.69) is 5.32 Å². The number of para-hydroxylation sites is 1. The number of anilines is 2. The third-order valence-electron chi connectivity index (χ3n) is 3.92. The molecule has 1 saturated heterocycles. The molecule has 3 rings (SSSR count). The van der Waals surface area contributed by atoms with Gasteiger partial charge in [0, 0.05) is 18.3 Å². The van der Waals surface area contributed by atoms with Gasteiger partial charge in [0.2, 0.25) is 10.0 Å². The number of nitro groups is 1. The predicted molar refractivity (Wildman–Crippen MR) is 98.3 cm³/mol. The molecule has 2 aromatic carbocycles. The Morgan fingerprint density at radius 2 is 1.96 bits per heavy atom. The molecular weight excluding hydrogens is 382 g/mol. The molecule has 26 heavy (non-hydrogen) atoms. The minimum absolute atomic E-state index is 0.0378. The van der Waals surface area contributed by atoms with Gasteiger partial charge < -0.3 is 5.32 Å². The molecule has 1 heterocycles. The molecule has 0 radical (unpaired) electrons. The largest absolute Gasteiger partial charge is 0.322 e. The van der Waals surface area contributed by atoms with Crippen molar-refractivity contribution in [3.05, 3.63) is 63.2 Å². The molecule has 1 aliphatic heterocycles. The first-order valence-corrected chi connectivity index (χ1v) is 9.63. The van der Waals surface area contributed by atoms with Crippen molar-refractivity contribution in [3.8, 4) is 0 Å². The molecule has 0 bridgehead atoms. The van der Waals surface area contributed by atoms with E-state index in [0.717, 1.165) is 0 Å². The summed E-state index contributed by atoms with van der Waals surface area (Å²) in [4.78, 5) is 22.8. The first-order chi connectivity index (χ1) is 12.3. The molecule has 136 valence electrons. The number of rotatable bonds is 4. The van der Waals surface area contributed by atoms with Crippen molar-refractivity contribution in [2.24, 2.45) is 0 Å². The summed E-state index contributed by atoms with van der Waals surface area (Å²) in [6.07, 6.45) is 0.492. The van der Waals surface area contributed by atoms with Crippen LogP contribution in [0.5, 0.6) is 0 Å². The number of benzene rings is 2. The minimum Gasteiger partial charge on any atom is -0.322 e. The molecule has 0 aromatic heterocycles. The SMILES string of the molecule is O=C(Nc1ccc(Cl)c(N2CCCS2(=O)=O)c1)c1ccccc1[N+](=O)[O-]. The van der Waals surface area contributed by atoms with Crippen molar-refractivity contribution in [2.45, 2.75) is 6.42 Å². The zero-order valence-electron chi connectivity index (χ0n) is 13.4. The summed E-state index contributed by atoms with van der Waals surface area (Å²) in [5, 5.41) is 13.8. The third kappa shape index (κ3) is 3.49. The molecule has 0 saturated carbocycles. The summed E-state index contributed by atoms with van der Waals surface area (Å²) in [5.74, 6) is -0.634. The van der Waals surface area contributed by atoms with Crippen LogP contribution in [0.3, 0.4) is 0 Å². The lowest BCUT2D eigenvalue weighted by atomic mass is 10.1. The quantitative estimate of drug-likeness (QED) is 0.632. The lowest BCUT2D eigenvalue weighted by Gasteiger charge is -2.19. The summed E-state index contributed by atoms with van der Waals surface area (Å²) in [5.41, 5.74) is 0.142. The van der Waals surface area contributed by atoms with Gasteiger partial charge in [-0.2, -0.15) is 0 Å². The van der Waals surface area contributed by atoms with Gasteiger partial charge in [0.1, 0.15) is 5.56 Å². The highest BCUT2D eigenvalue weighted by atomic mass is 35.5. The van der Waals surface area contributed by atoms with E-state index < -0.39 is 20.9 Å². The van der Waals surface area contributed by atoms with Crippen LogP contribution in [-0.4, -0.2) is 31.5 Å². The van der Waals surface area contributed by atoms with E-state index >= 15 is 0 Å². The van der Waals surface area contributed by atoms with Gasteiger partial charge in [-0.05, 0) is 30.7 Å². The average molecular weight is 396 g/mol. The normalized spacial score (nSPS) is 15.7. The molecule has 0 spiro atoms. The predicted octanol–water partition coefficient (Wildman–Crippen LogP) is 3.04. The van der Waals surface area contributed by atoms with Crippen LogP contribution < -0.4 is 9.62 Å². The van der Waals surface area contributed by atoms with E-state index in [1.165, 1.54) is 46.8 Å². The number of halogens is 1. The van der Waals surface area contributed by atoms with Gasteiger partial charge in [-0.3, -0.25) is 19.2 Å². The van der Waals surface area contributed by atoms with Gasteiger partial charge in [-0.25, -0.2) is 8.42 Å². The van der Waals surface area contributed by atoms with Gasteiger partial charge in [0.05, 0.1) is 21.4 Å². The lowest BCUT2D eigenvalue weighted by molar-refractivity contribution is -0.385. The molecule has 1 amide bonds. The number of hydrogen-bond donors (Lipinski definition) is 1. The van der Waals surface area contributed by atoms with Crippen LogP contribution in [0.2, 0.25) is 5.02 Å². The van der Waals surface area contributed by atoms with E-state index in [0.29, 0.717) is 13.0 Å². The van der Waals surface area contributed by atoms with Crippen molar-refractivity contribution in [1.29, 1.82) is 0 Å². The molecule has 1 fully saturated rings. The molecule has 1 aliphatic rings. The Kier molecular flexibility index (Phi) is 4.84. The number of carbonyl (C=O) groups excluding carboxylic acids is 1. The smallest absolute Gasteiger partial charge is 0.282 e. The maximum absolute atomic E-state index is 12.4. The van der Waals surface area contributed by atoms with Crippen LogP contribution in [0, 0.1) is 10.1 Å². The number of amides is 1. The fourth-order valence-electron chi connectivity index (χ4n) is 2.71. The standard InChI is InChI=1S/C16H14ClN3O5S/c17-13-7-6-11(10-15(13)19-8-3-9-26(19,24)25)18-16(21)12-4-1-2-5-14(12)20(22)23/h1-2,4-7,10H,3,8-9H2,(H,18,21). The van der Waals surface area contributed by atoms with Crippen LogP contribution in [0.25, 0.3) is 0 Å². The maximum atomic E-state index is 12.4. The molecule has 10 heteroatoms. The van der Waals surface area contributed by atoms with E-state index in [1.807, 2.05) is 0 Å². The van der Waals surface area contributed by atoms with Crippen molar-refractivity contribution in [3.63, 3.8) is 0 Å². The van der Waals surface area contributed by atoms with E-state index in [1.54, 1.807) is 0 Å². The monoisotopic (exact) mass is 395 g/mol. The summed E-state index contributed by atoms with van der Waals surface area (Å²) in [7, 11) is -3.43. The second-order valence-electron chi connectivity index (χ2n) is 5.64. The van der Waals surface area contributed by atoms with Crippen LogP contribution in [0.1, 0.15) is 16.8 Å². The van der Waals surface area contributed by atoms with Crippen molar-refractivity contribution in [1.82, 2.24) is 0 Å². The Labute approximate surface area is 154 Å². The van der Waals surface area contributed by atoms with Crippen LogP contribution in [-0.2, 0) is 10.0 Å². The summed E-state index contributed by atoms with van der Waals surface area (Å²) >= 11 is 6.12. The van der Waals surface area contributed by atoms with Crippen molar-refractivity contribution in [2.75, 3.05) is 21.9 Å². The number of sulfonamides is 1. The summed E-state index contributed by atoms with van der Waals surface area (Å²) in [6.45, 7) is 0.309. The van der Waals surface area contributed by atoms with E-state index in [9.17, 15) is 23.3 Å². The maximum Gasteiger partial charge on any atom is 0.282 e. The highest BCUT2D eigenvalue weighted by molar-refractivity contribution is 7.93. The Morgan fingerprint density at radius 1 is 1.23 bits per heavy atom. The van der Waals surface area contributed by atoms with Crippen molar-refractivity contribution >= 4 is 44.6 Å². The number of nitrogens with one attached hydrogen (secondary N) is 1. The zero-order chi connectivity index (χ0) is 18.9. The van der Waals surface area contributed by atoms with Gasteiger partial charge in [0.15, 0.2) is 0 Å². The van der Waals surface area contributed by atoms with E-state index in [-0.39, 0.29) is 33.4 Å². The Hall–Kier alpha value is -2.65. The first kappa shape index (κ1) is 18.2. The lowest BCUT2D eigenvalue weighted by Crippen LogP contribution is -2.25. The highest BCUT2D eigenvalue weighted by Crippen LogP contribution is 2.33. The molecule has 8 nitrogen and oxygen atoms in total. The summed E-state index contributed by atoms with van der Waals surface area (Å²) < 4.78 is 25.4. The van der Waals surface area contributed by atoms with E-state index in [4.69, 9.17) is 11.6 Å². The number of nitro benzene ring substituents is 1. The van der Waals surface area contributed by atoms with Gasteiger partial charge in [-0.1, -0.05) is 23.7 Å². The molecule has 0 atom stereocenters. The van der Waals surface area contributed by atoms with Gasteiger partial charge in [-0.15, -0.1) is 0 Å². The number of nitrogens with zero attached hydrogens (tertiary/aromatic N) is 2. The Bertz CT molecular complexity index is 993. The zero-order valence-corrected chi connectivity index (χ0v) is 15.0. The minimum atomic E-state index is -3.43.